The summed E-state index contributed by atoms with van der Waals surface area (Å²) >= 11 is 0. The summed E-state index contributed by atoms with van der Waals surface area (Å²) < 4.78 is 60.4. The first-order valence-electron chi connectivity index (χ1n) is 11.2. The van der Waals surface area contributed by atoms with Crippen molar-refractivity contribution in [2.75, 3.05) is 17.1 Å². The molecule has 0 bridgehead atoms. The van der Waals surface area contributed by atoms with Gasteiger partial charge in [-0.3, -0.25) is 4.79 Å². The number of hydrogen-bond acceptors (Lipinski definition) is 6. The van der Waals surface area contributed by atoms with Crippen molar-refractivity contribution in [2.24, 2.45) is 5.92 Å². The highest BCUT2D eigenvalue weighted by Gasteiger charge is 2.36. The van der Waals surface area contributed by atoms with Crippen molar-refractivity contribution in [3.63, 3.8) is 0 Å². The minimum Gasteiger partial charge on any atom is -0.487 e. The average Bonchev–Trinajstić information content (AvgIpc) is 3.05. The summed E-state index contributed by atoms with van der Waals surface area (Å²) in [4.78, 5) is 11.8. The Morgan fingerprint density at radius 1 is 1.09 bits per heavy atom. The van der Waals surface area contributed by atoms with Crippen LogP contribution in [0.25, 0.3) is 0 Å². The number of nitrogens with zero attached hydrogens (tertiary/aromatic N) is 1. The van der Waals surface area contributed by atoms with Gasteiger partial charge in [-0.1, -0.05) is 49.2 Å². The summed E-state index contributed by atoms with van der Waals surface area (Å²) in [7, 11) is -7.31. The second-order valence-corrected chi connectivity index (χ2v) is 12.2. The fourth-order valence-corrected chi connectivity index (χ4v) is 6.61. The predicted molar refractivity (Wildman–Crippen MR) is 129 cm³/mol. The van der Waals surface area contributed by atoms with Gasteiger partial charge < -0.3 is 4.74 Å². The number of benzene rings is 2. The van der Waals surface area contributed by atoms with Crippen LogP contribution < -0.4 is 18.5 Å². The first-order chi connectivity index (χ1) is 16.1. The average molecular weight is 508 g/mol. The molecule has 11 heteroatoms. The summed E-state index contributed by atoms with van der Waals surface area (Å²) in [6.07, 6.45) is 5.48. The van der Waals surface area contributed by atoms with E-state index in [2.05, 4.69) is 4.72 Å². The molecule has 2 N–H and O–H groups in total. The Balaban J connectivity index is 1.61. The van der Waals surface area contributed by atoms with Crippen molar-refractivity contribution in [3.8, 4) is 5.75 Å². The second-order valence-electron chi connectivity index (χ2n) is 8.86. The van der Waals surface area contributed by atoms with Gasteiger partial charge in [0.1, 0.15) is 18.9 Å². The van der Waals surface area contributed by atoms with Crippen molar-refractivity contribution in [3.05, 3.63) is 59.7 Å². The fraction of sp³-hybridized carbons (Fsp3) is 0.435. The third kappa shape index (κ3) is 6.08. The van der Waals surface area contributed by atoms with Crippen LogP contribution in [0.15, 0.2) is 48.5 Å². The van der Waals surface area contributed by atoms with E-state index in [4.69, 9.17) is 4.74 Å². The number of rotatable bonds is 8. The molecule has 2 aliphatic rings. The standard InChI is InChI=1S/C23H29N3O6S2/c1-33(28,29)24-20-10-6-5-9-19(20)13-18-11-12-21(26-15-23(27)25-34(26,30)31)22(14-18)32-16-17-7-3-2-4-8-17/h2-4,7-8,11-12,14,19-20,24H,5-6,9-10,13,15-16H2,1H3,(H,25,27). The largest absolute Gasteiger partial charge is 0.487 e. The van der Waals surface area contributed by atoms with E-state index >= 15 is 0 Å². The monoisotopic (exact) mass is 507 g/mol. The molecule has 2 unspecified atom stereocenters. The first-order valence-corrected chi connectivity index (χ1v) is 14.5. The van der Waals surface area contributed by atoms with Crippen molar-refractivity contribution in [1.29, 1.82) is 0 Å². The molecule has 0 radical (unpaired) electrons. The quantitative estimate of drug-likeness (QED) is 0.564. The van der Waals surface area contributed by atoms with Crippen molar-refractivity contribution in [2.45, 2.75) is 44.8 Å². The summed E-state index contributed by atoms with van der Waals surface area (Å²) in [6.45, 7) is -0.0827. The molecule has 2 atom stereocenters. The number of carbonyl (C=O) groups excluding carboxylic acids is 1. The Bertz CT molecular complexity index is 1250. The van der Waals surface area contributed by atoms with Crippen molar-refractivity contribution >= 4 is 31.8 Å². The number of amides is 1. The molecule has 1 amide bonds. The van der Waals surface area contributed by atoms with Crippen LogP contribution in [0.3, 0.4) is 0 Å². The van der Waals surface area contributed by atoms with Crippen LogP contribution in [0.2, 0.25) is 0 Å². The van der Waals surface area contributed by atoms with E-state index in [9.17, 15) is 21.6 Å². The zero-order valence-electron chi connectivity index (χ0n) is 18.9. The van der Waals surface area contributed by atoms with E-state index in [1.165, 1.54) is 6.26 Å². The number of ether oxygens (including phenoxy) is 1. The summed E-state index contributed by atoms with van der Waals surface area (Å²) in [5.41, 5.74) is 2.12. The molecule has 0 aromatic heterocycles. The van der Waals surface area contributed by atoms with Gasteiger partial charge in [-0.05, 0) is 48.4 Å². The normalized spacial score (nSPS) is 22.4. The van der Waals surface area contributed by atoms with E-state index in [1.54, 1.807) is 12.1 Å². The molecule has 1 saturated heterocycles. The van der Waals surface area contributed by atoms with Crippen LogP contribution in [0.4, 0.5) is 5.69 Å². The third-order valence-electron chi connectivity index (χ3n) is 6.12. The van der Waals surface area contributed by atoms with Gasteiger partial charge in [-0.2, -0.15) is 8.42 Å². The summed E-state index contributed by atoms with van der Waals surface area (Å²) in [6, 6.07) is 14.6. The van der Waals surface area contributed by atoms with E-state index in [-0.39, 0.29) is 30.8 Å². The zero-order valence-corrected chi connectivity index (χ0v) is 20.6. The number of sulfonamides is 1. The lowest BCUT2D eigenvalue weighted by Gasteiger charge is -2.32. The number of nitrogens with one attached hydrogen (secondary N) is 2. The molecule has 1 aliphatic carbocycles. The van der Waals surface area contributed by atoms with Crippen LogP contribution in [0.5, 0.6) is 5.75 Å². The highest BCUT2D eigenvalue weighted by atomic mass is 32.2. The Hall–Kier alpha value is -2.63. The molecule has 2 fully saturated rings. The molecule has 2 aromatic carbocycles. The van der Waals surface area contributed by atoms with Gasteiger partial charge in [-0.15, -0.1) is 0 Å². The molecule has 9 nitrogen and oxygen atoms in total. The van der Waals surface area contributed by atoms with Crippen LogP contribution in [-0.2, 0) is 38.1 Å². The maximum atomic E-state index is 12.5. The van der Waals surface area contributed by atoms with Gasteiger partial charge in [0.05, 0.1) is 11.9 Å². The highest BCUT2D eigenvalue weighted by Crippen LogP contribution is 2.35. The Kier molecular flexibility index (Phi) is 7.15. The lowest BCUT2D eigenvalue weighted by atomic mass is 9.81. The topological polar surface area (TPSA) is 122 Å². The summed E-state index contributed by atoms with van der Waals surface area (Å²) in [5, 5.41) is 0. The van der Waals surface area contributed by atoms with Gasteiger partial charge in [0.2, 0.25) is 10.0 Å². The van der Waals surface area contributed by atoms with Crippen molar-refractivity contribution < 1.29 is 26.4 Å². The van der Waals surface area contributed by atoms with Gasteiger partial charge in [-0.25, -0.2) is 22.2 Å². The lowest BCUT2D eigenvalue weighted by molar-refractivity contribution is -0.117. The third-order valence-corrected chi connectivity index (χ3v) is 8.25. The smallest absolute Gasteiger partial charge is 0.326 e. The van der Waals surface area contributed by atoms with Gasteiger partial charge >= 0.3 is 10.2 Å². The Labute approximate surface area is 200 Å². The van der Waals surface area contributed by atoms with Crippen LogP contribution in [-0.4, -0.2) is 41.6 Å². The zero-order chi connectivity index (χ0) is 24.3. The van der Waals surface area contributed by atoms with Crippen LogP contribution in [0, 0.1) is 5.92 Å². The number of carbonyl (C=O) groups is 1. The second kappa shape index (κ2) is 9.93. The Morgan fingerprint density at radius 2 is 1.82 bits per heavy atom. The first kappa shape index (κ1) is 24.5. The van der Waals surface area contributed by atoms with E-state index in [0.717, 1.165) is 41.1 Å². The molecule has 1 heterocycles. The lowest BCUT2D eigenvalue weighted by Crippen LogP contribution is -2.42. The molecule has 34 heavy (non-hydrogen) atoms. The molecule has 2 aromatic rings. The minimum absolute atomic E-state index is 0.120. The maximum Gasteiger partial charge on any atom is 0.326 e. The highest BCUT2D eigenvalue weighted by molar-refractivity contribution is 7.92. The van der Waals surface area contributed by atoms with Crippen LogP contribution >= 0.6 is 0 Å². The van der Waals surface area contributed by atoms with Crippen LogP contribution in [0.1, 0.15) is 36.8 Å². The predicted octanol–water partition coefficient (Wildman–Crippen LogP) is 2.10. The Morgan fingerprint density at radius 3 is 2.50 bits per heavy atom. The minimum atomic E-state index is -3.99. The molecule has 1 saturated carbocycles. The van der Waals surface area contributed by atoms with Gasteiger partial charge in [0.25, 0.3) is 5.91 Å². The SMILES string of the molecule is CS(=O)(=O)NC1CCCCC1Cc1ccc(N2CC(=O)NS2(=O)=O)c(OCc2ccccc2)c1. The summed E-state index contributed by atoms with van der Waals surface area (Å²) in [5.74, 6) is -0.130. The van der Waals surface area contributed by atoms with Gasteiger partial charge in [0, 0.05) is 6.04 Å². The molecule has 1 aliphatic heterocycles. The van der Waals surface area contributed by atoms with E-state index in [1.807, 2.05) is 41.1 Å². The van der Waals surface area contributed by atoms with Gasteiger partial charge in [0.15, 0.2) is 0 Å². The molecule has 184 valence electrons. The van der Waals surface area contributed by atoms with E-state index in [0.29, 0.717) is 12.2 Å². The fourth-order valence-electron chi connectivity index (χ4n) is 4.59. The maximum absolute atomic E-state index is 12.5. The molecule has 0 spiro atoms. The number of anilines is 1. The molecular weight excluding hydrogens is 478 g/mol. The molecule has 4 rings (SSSR count). The van der Waals surface area contributed by atoms with Crippen molar-refractivity contribution in [1.82, 2.24) is 9.44 Å². The molecular formula is C23H29N3O6S2. The number of hydrogen-bond donors (Lipinski definition) is 2. The van der Waals surface area contributed by atoms with E-state index < -0.39 is 26.1 Å².